The Balaban J connectivity index is 2.05. The van der Waals surface area contributed by atoms with Crippen molar-refractivity contribution >= 4 is 37.4 Å². The van der Waals surface area contributed by atoms with Gasteiger partial charge in [-0.1, -0.05) is 22.0 Å². The fraction of sp³-hybridized carbons (Fsp3) is 0.188. The summed E-state index contributed by atoms with van der Waals surface area (Å²) < 4.78 is 29.5. The molecule has 0 aliphatic heterocycles. The average molecular weight is 398 g/mol. The monoisotopic (exact) mass is 397 g/mol. The van der Waals surface area contributed by atoms with E-state index in [2.05, 4.69) is 21.2 Å². The molecule has 1 unspecified atom stereocenters. The van der Waals surface area contributed by atoms with Crippen molar-refractivity contribution in [3.63, 3.8) is 0 Å². The second kappa shape index (κ2) is 7.14. The van der Waals surface area contributed by atoms with Gasteiger partial charge in [-0.05, 0) is 49.4 Å². The highest BCUT2D eigenvalue weighted by molar-refractivity contribution is 9.10. The molecule has 1 amide bonds. The van der Waals surface area contributed by atoms with Crippen LogP contribution in [0.25, 0.3) is 0 Å². The molecule has 2 aromatic rings. The predicted molar refractivity (Wildman–Crippen MR) is 92.4 cm³/mol. The highest BCUT2D eigenvalue weighted by Crippen LogP contribution is 2.19. The molecule has 7 heteroatoms. The van der Waals surface area contributed by atoms with E-state index in [-0.39, 0.29) is 10.8 Å². The molecule has 0 radical (unpaired) electrons. The minimum absolute atomic E-state index is 0.150. The largest absolute Gasteiger partial charge is 0.481 e. The van der Waals surface area contributed by atoms with Gasteiger partial charge < -0.3 is 10.1 Å². The van der Waals surface area contributed by atoms with Crippen molar-refractivity contribution in [2.45, 2.75) is 17.9 Å². The quantitative estimate of drug-likeness (QED) is 0.839. The first-order chi connectivity index (χ1) is 10.8. The van der Waals surface area contributed by atoms with Gasteiger partial charge in [-0.25, -0.2) is 8.42 Å². The Morgan fingerprint density at radius 1 is 1.17 bits per heavy atom. The number of halogens is 1. The zero-order chi connectivity index (χ0) is 17.0. The Kier molecular flexibility index (Phi) is 5.43. The van der Waals surface area contributed by atoms with E-state index in [1.165, 1.54) is 12.1 Å². The summed E-state index contributed by atoms with van der Waals surface area (Å²) in [5, 5.41) is 2.65. The van der Waals surface area contributed by atoms with Gasteiger partial charge >= 0.3 is 0 Å². The third-order valence-electron chi connectivity index (χ3n) is 3.03. The standard InChI is InChI=1S/C16H16BrNO4S/c1-11(22-14-8-6-12(17)7-9-14)16(19)18-13-4-3-5-15(10-13)23(2,20)21/h3-11H,1-2H3,(H,18,19). The number of hydrogen-bond donors (Lipinski definition) is 1. The summed E-state index contributed by atoms with van der Waals surface area (Å²) >= 11 is 3.32. The summed E-state index contributed by atoms with van der Waals surface area (Å²) in [6, 6.07) is 13.2. The molecule has 1 N–H and O–H groups in total. The minimum atomic E-state index is -3.32. The summed E-state index contributed by atoms with van der Waals surface area (Å²) in [5.41, 5.74) is 0.407. The van der Waals surface area contributed by atoms with Crippen molar-refractivity contribution in [1.29, 1.82) is 0 Å². The molecule has 2 aromatic carbocycles. The van der Waals surface area contributed by atoms with Crippen LogP contribution in [0.1, 0.15) is 6.92 Å². The third kappa shape index (κ3) is 5.07. The number of sulfone groups is 1. The molecule has 0 spiro atoms. The van der Waals surface area contributed by atoms with Crippen molar-refractivity contribution in [3.05, 3.63) is 53.0 Å². The zero-order valence-electron chi connectivity index (χ0n) is 12.6. The van der Waals surface area contributed by atoms with Crippen molar-refractivity contribution in [3.8, 4) is 5.75 Å². The van der Waals surface area contributed by atoms with E-state index >= 15 is 0 Å². The van der Waals surface area contributed by atoms with Gasteiger partial charge in [0.1, 0.15) is 5.75 Å². The highest BCUT2D eigenvalue weighted by atomic mass is 79.9. The number of carbonyl (C=O) groups excluding carboxylic acids is 1. The second-order valence-electron chi connectivity index (χ2n) is 5.00. The smallest absolute Gasteiger partial charge is 0.265 e. The summed E-state index contributed by atoms with van der Waals surface area (Å²) in [4.78, 5) is 12.3. The van der Waals surface area contributed by atoms with Crippen LogP contribution >= 0.6 is 15.9 Å². The Hall–Kier alpha value is -1.86. The first-order valence-corrected chi connectivity index (χ1v) is 9.47. The van der Waals surface area contributed by atoms with Crippen LogP contribution in [-0.2, 0) is 14.6 Å². The van der Waals surface area contributed by atoms with Crippen molar-refractivity contribution in [1.82, 2.24) is 0 Å². The Morgan fingerprint density at radius 3 is 2.43 bits per heavy atom. The van der Waals surface area contributed by atoms with Gasteiger partial charge in [0.15, 0.2) is 15.9 Å². The number of benzene rings is 2. The molecule has 0 aliphatic rings. The van der Waals surface area contributed by atoms with Crippen LogP contribution in [0, 0.1) is 0 Å². The average Bonchev–Trinajstić information content (AvgIpc) is 2.49. The fourth-order valence-corrected chi connectivity index (χ4v) is 2.75. The molecule has 0 saturated heterocycles. The van der Waals surface area contributed by atoms with Gasteiger partial charge in [-0.15, -0.1) is 0 Å². The minimum Gasteiger partial charge on any atom is -0.481 e. The van der Waals surface area contributed by atoms with E-state index in [0.29, 0.717) is 11.4 Å². The van der Waals surface area contributed by atoms with Crippen molar-refractivity contribution in [2.24, 2.45) is 0 Å². The summed E-state index contributed by atoms with van der Waals surface area (Å²) in [6.07, 6.45) is 0.394. The molecule has 0 aliphatic carbocycles. The first kappa shape index (κ1) is 17.5. The Bertz CT molecular complexity index is 803. The number of hydrogen-bond acceptors (Lipinski definition) is 4. The molecular weight excluding hydrogens is 382 g/mol. The maximum atomic E-state index is 12.1. The van der Waals surface area contributed by atoms with Crippen LogP contribution in [0.3, 0.4) is 0 Å². The van der Waals surface area contributed by atoms with Gasteiger partial charge in [0.25, 0.3) is 5.91 Å². The molecule has 0 aromatic heterocycles. The van der Waals surface area contributed by atoms with Crippen LogP contribution in [-0.4, -0.2) is 26.7 Å². The number of rotatable bonds is 5. The lowest BCUT2D eigenvalue weighted by Crippen LogP contribution is -2.30. The maximum absolute atomic E-state index is 12.1. The topological polar surface area (TPSA) is 72.5 Å². The number of amides is 1. The number of nitrogens with one attached hydrogen (secondary N) is 1. The van der Waals surface area contributed by atoms with Crippen LogP contribution in [0.15, 0.2) is 57.9 Å². The maximum Gasteiger partial charge on any atom is 0.265 e. The lowest BCUT2D eigenvalue weighted by atomic mass is 10.3. The lowest BCUT2D eigenvalue weighted by molar-refractivity contribution is -0.122. The number of anilines is 1. The van der Waals surface area contributed by atoms with E-state index in [9.17, 15) is 13.2 Å². The summed E-state index contributed by atoms with van der Waals surface area (Å²) in [5.74, 6) is 0.208. The van der Waals surface area contributed by atoms with Gasteiger partial charge in [0, 0.05) is 16.4 Å². The Labute approximate surface area is 143 Å². The molecular formula is C16H16BrNO4S. The van der Waals surface area contributed by atoms with Crippen LogP contribution in [0.4, 0.5) is 5.69 Å². The number of carbonyl (C=O) groups is 1. The van der Waals surface area contributed by atoms with E-state index in [1.807, 2.05) is 12.1 Å². The van der Waals surface area contributed by atoms with Crippen molar-refractivity contribution < 1.29 is 17.9 Å². The van der Waals surface area contributed by atoms with Gasteiger partial charge in [-0.3, -0.25) is 4.79 Å². The molecule has 0 saturated carbocycles. The van der Waals surface area contributed by atoms with Crippen molar-refractivity contribution in [2.75, 3.05) is 11.6 Å². The molecule has 0 heterocycles. The van der Waals surface area contributed by atoms with Gasteiger partial charge in [0.05, 0.1) is 4.90 Å². The van der Waals surface area contributed by atoms with Gasteiger partial charge in [-0.2, -0.15) is 0 Å². The zero-order valence-corrected chi connectivity index (χ0v) is 15.0. The third-order valence-corrected chi connectivity index (χ3v) is 4.66. The van der Waals surface area contributed by atoms with Crippen LogP contribution < -0.4 is 10.1 Å². The fourth-order valence-electron chi connectivity index (χ4n) is 1.82. The second-order valence-corrected chi connectivity index (χ2v) is 7.93. The van der Waals surface area contributed by atoms with E-state index in [1.54, 1.807) is 31.2 Å². The normalized spacial score (nSPS) is 12.5. The van der Waals surface area contributed by atoms with Crippen LogP contribution in [0.5, 0.6) is 5.75 Å². The molecule has 1 atom stereocenters. The lowest BCUT2D eigenvalue weighted by Gasteiger charge is -2.15. The number of ether oxygens (including phenoxy) is 1. The highest BCUT2D eigenvalue weighted by Gasteiger charge is 2.16. The predicted octanol–water partition coefficient (Wildman–Crippen LogP) is 3.26. The molecule has 0 fully saturated rings. The molecule has 0 bridgehead atoms. The molecule has 5 nitrogen and oxygen atoms in total. The first-order valence-electron chi connectivity index (χ1n) is 6.79. The molecule has 2 rings (SSSR count). The van der Waals surface area contributed by atoms with Gasteiger partial charge in [0.2, 0.25) is 0 Å². The van der Waals surface area contributed by atoms with E-state index in [0.717, 1.165) is 10.7 Å². The molecule has 23 heavy (non-hydrogen) atoms. The Morgan fingerprint density at radius 2 is 1.83 bits per heavy atom. The van der Waals surface area contributed by atoms with E-state index < -0.39 is 15.9 Å². The molecule has 122 valence electrons. The van der Waals surface area contributed by atoms with Crippen LogP contribution in [0.2, 0.25) is 0 Å². The van der Waals surface area contributed by atoms with E-state index in [4.69, 9.17) is 4.74 Å². The summed E-state index contributed by atoms with van der Waals surface area (Å²) in [6.45, 7) is 1.62. The summed E-state index contributed by atoms with van der Waals surface area (Å²) in [7, 11) is -3.32. The SMILES string of the molecule is CC(Oc1ccc(Br)cc1)C(=O)Nc1cccc(S(C)(=O)=O)c1.